The molecule has 0 atom stereocenters. The molecule has 0 aliphatic rings. The first-order valence-electron chi connectivity index (χ1n) is 0. The van der Waals surface area contributed by atoms with E-state index in [-0.39, 0.29) is 91.0 Å². The zero-order valence-corrected chi connectivity index (χ0v) is 8.71. The summed E-state index contributed by atoms with van der Waals surface area (Å²) in [4.78, 5) is 0. The van der Waals surface area contributed by atoms with Gasteiger partial charge in [0.25, 0.3) is 0 Å². The van der Waals surface area contributed by atoms with E-state index in [0.717, 1.165) is 0 Å². The number of rotatable bonds is 0. The van der Waals surface area contributed by atoms with Crippen LogP contribution < -0.4 is 0 Å². The smallest absolute Gasteiger partial charge is 0 e. The third kappa shape index (κ3) is 8.89. The van der Waals surface area contributed by atoms with E-state index in [2.05, 4.69) is 0 Å². The van der Waals surface area contributed by atoms with Gasteiger partial charge >= 0.3 is 0 Å². The van der Waals surface area contributed by atoms with Gasteiger partial charge in [-0.2, -0.15) is 0 Å². The van der Waals surface area contributed by atoms with Gasteiger partial charge in [-0.25, -0.2) is 0 Å². The van der Waals surface area contributed by atoms with Crippen molar-refractivity contribution in [1.29, 1.82) is 0 Å². The topological polar surface area (TPSA) is 0 Å². The fourth-order valence-electron chi connectivity index (χ4n) is 0. The number of hydrogen-bond acceptors (Lipinski definition) is 0. The van der Waals surface area contributed by atoms with Crippen molar-refractivity contribution in [3.05, 3.63) is 0 Å². The van der Waals surface area contributed by atoms with Crippen molar-refractivity contribution in [2.24, 2.45) is 0 Å². The van der Waals surface area contributed by atoms with E-state index in [4.69, 9.17) is 0 Å². The van der Waals surface area contributed by atoms with Crippen LogP contribution in [0.2, 0.25) is 0 Å². The van der Waals surface area contributed by atoms with E-state index < -0.39 is 0 Å². The molecule has 0 aliphatic carbocycles. The van der Waals surface area contributed by atoms with Crippen LogP contribution in [0.1, 0.15) is 0 Å². The maximum Gasteiger partial charge on any atom is 0 e. The van der Waals surface area contributed by atoms with Crippen LogP contribution in [-0.2, 0) is 67.1 Å². The Hall–Kier alpha value is 3.02. The minimum absolute atomic E-state index is 0. The number of hydrogen-bond donors (Lipinski definition) is 0. The average molecular weight is 442 g/mol. The monoisotopic (exact) mass is 441 g/mol. The zero-order chi connectivity index (χ0) is 0. The molecule has 7 radical (unpaired) electrons. The molecular formula is Ag3Sn. The Morgan fingerprint density at radius 1 is 0.500 bits per heavy atom. The summed E-state index contributed by atoms with van der Waals surface area (Å²) in [5.41, 5.74) is 0. The summed E-state index contributed by atoms with van der Waals surface area (Å²) in [6.07, 6.45) is 0. The van der Waals surface area contributed by atoms with Crippen molar-refractivity contribution >= 4 is 23.9 Å². The molecule has 0 heterocycles. The van der Waals surface area contributed by atoms with E-state index in [9.17, 15) is 0 Å². The summed E-state index contributed by atoms with van der Waals surface area (Å²) in [5.74, 6) is 0. The molecule has 0 saturated heterocycles. The summed E-state index contributed by atoms with van der Waals surface area (Å²) >= 11 is 0. The van der Waals surface area contributed by atoms with Crippen molar-refractivity contribution < 1.29 is 67.1 Å². The molecule has 0 aromatic carbocycles. The fraction of sp³-hybridized carbons (Fsp3) is 0. The molecule has 0 bridgehead atoms. The van der Waals surface area contributed by atoms with Crippen LogP contribution in [0.5, 0.6) is 0 Å². The molecule has 0 aromatic rings. The maximum absolute atomic E-state index is 0. The standard InChI is InChI=1S/3Ag.Sn. The Morgan fingerprint density at radius 2 is 0.500 bits per heavy atom. The van der Waals surface area contributed by atoms with E-state index in [1.807, 2.05) is 0 Å². The van der Waals surface area contributed by atoms with Crippen LogP contribution in [0, 0.1) is 0 Å². The van der Waals surface area contributed by atoms with Crippen molar-refractivity contribution in [3.63, 3.8) is 0 Å². The molecule has 0 saturated carbocycles. The van der Waals surface area contributed by atoms with E-state index in [1.165, 1.54) is 0 Å². The molecule has 0 N–H and O–H groups in total. The second-order valence-electron chi connectivity index (χ2n) is 0. The largest absolute Gasteiger partial charge is 0 e. The van der Waals surface area contributed by atoms with Crippen LogP contribution in [0.4, 0.5) is 0 Å². The van der Waals surface area contributed by atoms with Gasteiger partial charge in [0.1, 0.15) is 0 Å². The first-order chi connectivity index (χ1) is 0. The molecular weight excluding hydrogens is 442 g/mol. The Bertz CT molecular complexity index is 3.25. The molecule has 4 heteroatoms. The van der Waals surface area contributed by atoms with Gasteiger partial charge < -0.3 is 0 Å². The first kappa shape index (κ1) is 27.9. The molecule has 0 unspecified atom stereocenters. The third-order valence-electron chi connectivity index (χ3n) is 0. The molecule has 0 spiro atoms. The van der Waals surface area contributed by atoms with Crippen molar-refractivity contribution in [2.75, 3.05) is 0 Å². The van der Waals surface area contributed by atoms with Gasteiger partial charge in [-0.3, -0.25) is 0 Å². The first-order valence-corrected chi connectivity index (χ1v) is 0. The van der Waals surface area contributed by atoms with Gasteiger partial charge in [-0.05, 0) is 0 Å². The van der Waals surface area contributed by atoms with Gasteiger partial charge in [-0.1, -0.05) is 0 Å². The van der Waals surface area contributed by atoms with Gasteiger partial charge in [-0.15, -0.1) is 0 Å². The summed E-state index contributed by atoms with van der Waals surface area (Å²) < 4.78 is 0. The summed E-state index contributed by atoms with van der Waals surface area (Å²) in [5, 5.41) is 0. The van der Waals surface area contributed by atoms with Crippen LogP contribution in [-0.4, -0.2) is 23.9 Å². The van der Waals surface area contributed by atoms with Gasteiger partial charge in [0.15, 0.2) is 0 Å². The molecule has 0 aromatic heterocycles. The predicted molar refractivity (Wildman–Crippen MR) is 5.75 cm³/mol. The molecule has 0 rings (SSSR count). The van der Waals surface area contributed by atoms with Crippen LogP contribution in [0.15, 0.2) is 0 Å². The zero-order valence-electron chi connectivity index (χ0n) is 1.40. The van der Waals surface area contributed by atoms with Crippen molar-refractivity contribution in [2.45, 2.75) is 0 Å². The third-order valence-corrected chi connectivity index (χ3v) is 0. The van der Waals surface area contributed by atoms with E-state index in [1.54, 1.807) is 0 Å². The minimum atomic E-state index is 0. The van der Waals surface area contributed by atoms with Crippen LogP contribution >= 0.6 is 0 Å². The Morgan fingerprint density at radius 3 is 0.500 bits per heavy atom. The van der Waals surface area contributed by atoms with Crippen LogP contribution in [0.3, 0.4) is 0 Å². The minimum Gasteiger partial charge on any atom is 0 e. The Labute approximate surface area is 89.3 Å². The fourth-order valence-corrected chi connectivity index (χ4v) is 0. The molecule has 4 heavy (non-hydrogen) atoms. The normalized spacial score (nSPS) is 0. The van der Waals surface area contributed by atoms with Crippen molar-refractivity contribution in [3.8, 4) is 0 Å². The Kier molecular flexibility index (Phi) is 116. The van der Waals surface area contributed by atoms with Gasteiger partial charge in [0.05, 0.1) is 0 Å². The molecule has 0 nitrogen and oxygen atoms in total. The second-order valence-corrected chi connectivity index (χ2v) is 0. The van der Waals surface area contributed by atoms with Crippen molar-refractivity contribution in [1.82, 2.24) is 0 Å². The Balaban J connectivity index is 0. The summed E-state index contributed by atoms with van der Waals surface area (Å²) in [6.45, 7) is 0. The molecule has 37 valence electrons. The second kappa shape index (κ2) is 16.6. The van der Waals surface area contributed by atoms with E-state index >= 15 is 0 Å². The quantitative estimate of drug-likeness (QED) is 0.449. The SMILES string of the molecule is [Ag].[Ag].[Ag].[Sn]. The summed E-state index contributed by atoms with van der Waals surface area (Å²) in [6, 6.07) is 0. The maximum atomic E-state index is 0. The average Bonchev–Trinajstić information content (AvgIpc) is 0. The summed E-state index contributed by atoms with van der Waals surface area (Å²) in [7, 11) is 0. The molecule has 0 amide bonds. The van der Waals surface area contributed by atoms with Crippen LogP contribution in [0.25, 0.3) is 0 Å². The van der Waals surface area contributed by atoms with E-state index in [0.29, 0.717) is 0 Å². The van der Waals surface area contributed by atoms with Gasteiger partial charge in [0, 0.05) is 91.0 Å². The predicted octanol–water partition coefficient (Wildman–Crippen LogP) is -0.388. The molecule has 0 aliphatic heterocycles. The van der Waals surface area contributed by atoms with Gasteiger partial charge in [0.2, 0.25) is 0 Å². The molecule has 0 fully saturated rings.